The van der Waals surface area contributed by atoms with Crippen LogP contribution in [0.2, 0.25) is 0 Å². The summed E-state index contributed by atoms with van der Waals surface area (Å²) in [5, 5.41) is 17.5. The van der Waals surface area contributed by atoms with Crippen LogP contribution in [0.3, 0.4) is 0 Å². The van der Waals surface area contributed by atoms with Gasteiger partial charge < -0.3 is 15.1 Å². The highest BCUT2D eigenvalue weighted by Crippen LogP contribution is 2.17. The molecule has 1 rings (SSSR count). The normalized spacial score (nSPS) is 21.1. The molecule has 1 saturated heterocycles. The van der Waals surface area contributed by atoms with Gasteiger partial charge in [0.25, 0.3) is 0 Å². The van der Waals surface area contributed by atoms with Crippen molar-refractivity contribution in [1.29, 1.82) is 0 Å². The fourth-order valence-corrected chi connectivity index (χ4v) is 2.44. The number of carbonyl (C=O) groups is 2. The molecule has 0 bridgehead atoms. The Hall–Kier alpha value is -1.14. The lowest BCUT2D eigenvalue weighted by Gasteiger charge is -2.33. The van der Waals surface area contributed by atoms with Gasteiger partial charge in [0.2, 0.25) is 0 Å². The van der Waals surface area contributed by atoms with Crippen LogP contribution in [0, 0.1) is 0 Å². The van der Waals surface area contributed by atoms with E-state index in [0.29, 0.717) is 12.6 Å². The van der Waals surface area contributed by atoms with Crippen LogP contribution in [0.5, 0.6) is 0 Å². The third-order valence-corrected chi connectivity index (χ3v) is 3.42. The van der Waals surface area contributed by atoms with Crippen LogP contribution < -0.4 is 0 Å². The van der Waals surface area contributed by atoms with E-state index in [4.69, 9.17) is 10.2 Å². The van der Waals surface area contributed by atoms with Crippen LogP contribution in [0.25, 0.3) is 0 Å². The van der Waals surface area contributed by atoms with Crippen LogP contribution in [-0.4, -0.2) is 71.2 Å². The zero-order chi connectivity index (χ0) is 13.5. The maximum atomic E-state index is 10.7. The molecule has 0 saturated carbocycles. The maximum Gasteiger partial charge on any atom is 0.317 e. The molecule has 0 radical (unpaired) electrons. The van der Waals surface area contributed by atoms with Crippen molar-refractivity contribution in [1.82, 2.24) is 9.80 Å². The van der Waals surface area contributed by atoms with Gasteiger partial charge in [0.15, 0.2) is 0 Å². The second-order valence-corrected chi connectivity index (χ2v) is 4.92. The minimum Gasteiger partial charge on any atom is -0.480 e. The number of nitrogens with zero attached hydrogens (tertiary/aromatic N) is 2. The van der Waals surface area contributed by atoms with Gasteiger partial charge in [-0.25, -0.2) is 0 Å². The average molecular weight is 258 g/mol. The molecule has 1 atom stereocenters. The molecular weight excluding hydrogens is 236 g/mol. The molecule has 18 heavy (non-hydrogen) atoms. The lowest BCUT2D eigenvalue weighted by Crippen LogP contribution is -2.41. The van der Waals surface area contributed by atoms with Crippen LogP contribution in [0.15, 0.2) is 0 Å². The predicted molar refractivity (Wildman–Crippen MR) is 66.6 cm³/mol. The standard InChI is InChI=1S/C12H22N2O4/c1-13-6-3-2-4-10(13)5-7-14(8-11(15)16)9-12(17)18/h10H,2-9H2,1H3,(H,15,16)(H,17,18). The molecule has 1 aliphatic heterocycles. The third kappa shape index (κ3) is 5.46. The van der Waals surface area contributed by atoms with Crippen molar-refractivity contribution in [2.45, 2.75) is 31.7 Å². The van der Waals surface area contributed by atoms with Crippen molar-refractivity contribution in [3.63, 3.8) is 0 Å². The first kappa shape index (κ1) is 14.9. The van der Waals surface area contributed by atoms with Crippen LogP contribution >= 0.6 is 0 Å². The van der Waals surface area contributed by atoms with Gasteiger partial charge in [-0.2, -0.15) is 0 Å². The Balaban J connectivity index is 2.39. The molecule has 6 heteroatoms. The monoisotopic (exact) mass is 258 g/mol. The van der Waals surface area contributed by atoms with Gasteiger partial charge in [0.1, 0.15) is 0 Å². The van der Waals surface area contributed by atoms with E-state index in [1.807, 2.05) is 0 Å². The van der Waals surface area contributed by atoms with Crippen molar-refractivity contribution >= 4 is 11.9 Å². The quantitative estimate of drug-likeness (QED) is 0.685. The summed E-state index contributed by atoms with van der Waals surface area (Å²) in [4.78, 5) is 25.1. The number of piperidine rings is 1. The van der Waals surface area contributed by atoms with Gasteiger partial charge in [0.05, 0.1) is 13.1 Å². The molecule has 1 fully saturated rings. The Morgan fingerprint density at radius 3 is 2.33 bits per heavy atom. The summed E-state index contributed by atoms with van der Waals surface area (Å²) >= 11 is 0. The first-order chi connectivity index (χ1) is 8.49. The SMILES string of the molecule is CN1CCCCC1CCN(CC(=O)O)CC(=O)O. The summed E-state index contributed by atoms with van der Waals surface area (Å²) in [5.41, 5.74) is 0. The van der Waals surface area contributed by atoms with E-state index in [0.717, 1.165) is 19.4 Å². The molecule has 0 aromatic carbocycles. The molecule has 0 aromatic rings. The van der Waals surface area contributed by atoms with Gasteiger partial charge in [0, 0.05) is 12.6 Å². The van der Waals surface area contributed by atoms with Crippen molar-refractivity contribution in [2.24, 2.45) is 0 Å². The van der Waals surface area contributed by atoms with E-state index in [2.05, 4.69) is 11.9 Å². The molecule has 2 N–H and O–H groups in total. The van der Waals surface area contributed by atoms with Gasteiger partial charge in [-0.1, -0.05) is 6.42 Å². The number of carboxylic acids is 2. The highest BCUT2D eigenvalue weighted by atomic mass is 16.4. The molecule has 104 valence electrons. The Morgan fingerprint density at radius 1 is 1.22 bits per heavy atom. The summed E-state index contributed by atoms with van der Waals surface area (Å²) in [7, 11) is 2.07. The summed E-state index contributed by atoms with van der Waals surface area (Å²) in [6, 6.07) is 0.448. The van der Waals surface area contributed by atoms with E-state index < -0.39 is 11.9 Å². The van der Waals surface area contributed by atoms with Crippen LogP contribution in [0.1, 0.15) is 25.7 Å². The molecule has 0 amide bonds. The average Bonchev–Trinajstić information content (AvgIpc) is 2.26. The Labute approximate surface area is 107 Å². The first-order valence-corrected chi connectivity index (χ1v) is 6.35. The molecule has 1 heterocycles. The van der Waals surface area contributed by atoms with Gasteiger partial charge in [-0.15, -0.1) is 0 Å². The third-order valence-electron chi connectivity index (χ3n) is 3.42. The maximum absolute atomic E-state index is 10.7. The van der Waals surface area contributed by atoms with E-state index in [1.165, 1.54) is 17.7 Å². The summed E-state index contributed by atoms with van der Waals surface area (Å²) in [6.45, 7) is 1.18. The number of carboxylic acid groups (broad SMARTS) is 2. The largest absolute Gasteiger partial charge is 0.480 e. The van der Waals surface area contributed by atoms with Crippen LogP contribution in [-0.2, 0) is 9.59 Å². The fourth-order valence-electron chi connectivity index (χ4n) is 2.44. The van der Waals surface area contributed by atoms with Gasteiger partial charge >= 0.3 is 11.9 Å². The highest BCUT2D eigenvalue weighted by Gasteiger charge is 2.21. The van der Waals surface area contributed by atoms with E-state index >= 15 is 0 Å². The van der Waals surface area contributed by atoms with Crippen molar-refractivity contribution in [2.75, 3.05) is 33.2 Å². The minimum absolute atomic E-state index is 0.206. The molecule has 0 spiro atoms. The summed E-state index contributed by atoms with van der Waals surface area (Å²) in [6.07, 6.45) is 4.36. The van der Waals surface area contributed by atoms with E-state index in [-0.39, 0.29) is 13.1 Å². The zero-order valence-electron chi connectivity index (χ0n) is 10.8. The van der Waals surface area contributed by atoms with E-state index in [1.54, 1.807) is 0 Å². The number of aliphatic carboxylic acids is 2. The molecule has 1 aliphatic rings. The predicted octanol–water partition coefficient (Wildman–Crippen LogP) is 0.332. The minimum atomic E-state index is -0.978. The number of hydrogen-bond acceptors (Lipinski definition) is 4. The Bertz CT molecular complexity index is 280. The topological polar surface area (TPSA) is 81.1 Å². The molecule has 0 aromatic heterocycles. The lowest BCUT2D eigenvalue weighted by molar-refractivity contribution is -0.141. The Morgan fingerprint density at radius 2 is 1.83 bits per heavy atom. The van der Waals surface area contributed by atoms with Crippen molar-refractivity contribution in [3.8, 4) is 0 Å². The fraction of sp³-hybridized carbons (Fsp3) is 0.833. The van der Waals surface area contributed by atoms with E-state index in [9.17, 15) is 9.59 Å². The molecule has 6 nitrogen and oxygen atoms in total. The Kier molecular flexibility index (Phi) is 6.07. The van der Waals surface area contributed by atoms with Crippen molar-refractivity contribution < 1.29 is 19.8 Å². The highest BCUT2D eigenvalue weighted by molar-refractivity contribution is 5.72. The van der Waals surface area contributed by atoms with Gasteiger partial charge in [-0.05, 0) is 32.9 Å². The smallest absolute Gasteiger partial charge is 0.317 e. The zero-order valence-corrected chi connectivity index (χ0v) is 10.8. The van der Waals surface area contributed by atoms with Gasteiger partial charge in [-0.3, -0.25) is 14.5 Å². The summed E-state index contributed by atoms with van der Waals surface area (Å²) < 4.78 is 0. The second kappa shape index (κ2) is 7.33. The lowest BCUT2D eigenvalue weighted by atomic mass is 10.00. The second-order valence-electron chi connectivity index (χ2n) is 4.92. The number of likely N-dealkylation sites (tertiary alicyclic amines) is 1. The molecular formula is C12H22N2O4. The van der Waals surface area contributed by atoms with Crippen molar-refractivity contribution in [3.05, 3.63) is 0 Å². The first-order valence-electron chi connectivity index (χ1n) is 6.35. The van der Waals surface area contributed by atoms with Crippen LogP contribution in [0.4, 0.5) is 0 Å². The molecule has 0 aliphatic carbocycles. The number of rotatable bonds is 7. The summed E-state index contributed by atoms with van der Waals surface area (Å²) in [5.74, 6) is -1.96. The number of hydrogen-bond donors (Lipinski definition) is 2. The molecule has 1 unspecified atom stereocenters.